The maximum absolute atomic E-state index is 5.71. The van der Waals surface area contributed by atoms with E-state index in [1.807, 2.05) is 24.4 Å². The number of H-pyrrole nitrogens is 1. The Morgan fingerprint density at radius 3 is 2.55 bits per heavy atom. The van der Waals surface area contributed by atoms with Gasteiger partial charge in [-0.2, -0.15) is 0 Å². The first-order valence-corrected chi connectivity index (χ1v) is 11.2. The summed E-state index contributed by atoms with van der Waals surface area (Å²) in [6, 6.07) is 16.9. The van der Waals surface area contributed by atoms with Gasteiger partial charge in [-0.25, -0.2) is 4.98 Å². The second-order valence-corrected chi connectivity index (χ2v) is 9.38. The Morgan fingerprint density at radius 1 is 1.00 bits per heavy atom. The molecule has 1 fully saturated rings. The van der Waals surface area contributed by atoms with Gasteiger partial charge in [0, 0.05) is 50.2 Å². The molecule has 1 aromatic heterocycles. The minimum atomic E-state index is 0.121. The Morgan fingerprint density at radius 2 is 1.81 bits per heavy atom. The van der Waals surface area contributed by atoms with Gasteiger partial charge >= 0.3 is 0 Å². The fraction of sp³-hybridized carbons (Fsp3) is 0.423. The summed E-state index contributed by atoms with van der Waals surface area (Å²) in [6.07, 6.45) is 3.10. The highest BCUT2D eigenvalue weighted by Gasteiger charge is 2.21. The Bertz CT molecular complexity index is 990. The summed E-state index contributed by atoms with van der Waals surface area (Å²) in [7, 11) is 1.77. The van der Waals surface area contributed by atoms with Gasteiger partial charge in [-0.15, -0.1) is 0 Å². The molecule has 0 unspecified atom stereocenters. The third-order valence-corrected chi connectivity index (χ3v) is 6.04. The number of aromatic nitrogens is 2. The van der Waals surface area contributed by atoms with Crippen LogP contribution >= 0.6 is 0 Å². The number of nitrogens with one attached hydrogen (secondary N) is 1. The van der Waals surface area contributed by atoms with E-state index >= 15 is 0 Å². The van der Waals surface area contributed by atoms with Crippen LogP contribution in [-0.4, -0.2) is 48.2 Å². The molecule has 3 aromatic rings. The van der Waals surface area contributed by atoms with E-state index in [1.165, 1.54) is 16.9 Å². The minimum absolute atomic E-state index is 0.121. The van der Waals surface area contributed by atoms with Gasteiger partial charge in [-0.1, -0.05) is 57.2 Å². The number of hydrogen-bond donors (Lipinski definition) is 1. The Balaban J connectivity index is 1.44. The zero-order chi connectivity index (χ0) is 21.8. The summed E-state index contributed by atoms with van der Waals surface area (Å²) in [5.74, 6) is 1.90. The molecule has 1 aliphatic heterocycles. The van der Waals surface area contributed by atoms with E-state index in [4.69, 9.17) is 4.74 Å². The van der Waals surface area contributed by atoms with Gasteiger partial charge in [0.05, 0.1) is 12.8 Å². The number of hydrogen-bond acceptors (Lipinski definition) is 4. The van der Waals surface area contributed by atoms with Crippen molar-refractivity contribution < 1.29 is 4.74 Å². The maximum atomic E-state index is 5.71. The molecule has 164 valence electrons. The first-order valence-electron chi connectivity index (χ1n) is 11.2. The van der Waals surface area contributed by atoms with E-state index in [-0.39, 0.29) is 5.41 Å². The van der Waals surface area contributed by atoms with Gasteiger partial charge in [-0.05, 0) is 29.5 Å². The third-order valence-electron chi connectivity index (χ3n) is 6.04. The number of nitrogens with zero attached hydrogens (tertiary/aromatic N) is 3. The van der Waals surface area contributed by atoms with Crippen molar-refractivity contribution in [1.29, 1.82) is 0 Å². The van der Waals surface area contributed by atoms with Crippen molar-refractivity contribution in [2.24, 2.45) is 0 Å². The highest BCUT2D eigenvalue weighted by Crippen LogP contribution is 2.34. The van der Waals surface area contributed by atoms with E-state index in [0.29, 0.717) is 0 Å². The minimum Gasteiger partial charge on any atom is -0.495 e. The molecular formula is C26H34N4O. The van der Waals surface area contributed by atoms with Gasteiger partial charge in [0.1, 0.15) is 11.6 Å². The lowest BCUT2D eigenvalue weighted by molar-refractivity contribution is 0.282. The lowest BCUT2D eigenvalue weighted by Crippen LogP contribution is -2.31. The van der Waals surface area contributed by atoms with Crippen LogP contribution < -0.4 is 9.64 Å². The molecule has 5 nitrogen and oxygen atoms in total. The molecule has 0 spiro atoms. The predicted molar refractivity (Wildman–Crippen MR) is 128 cm³/mol. The van der Waals surface area contributed by atoms with Crippen LogP contribution in [0, 0.1) is 0 Å². The van der Waals surface area contributed by atoms with Gasteiger partial charge in [0.15, 0.2) is 0 Å². The van der Waals surface area contributed by atoms with Crippen molar-refractivity contribution in [2.45, 2.75) is 39.2 Å². The molecule has 2 aromatic carbocycles. The van der Waals surface area contributed by atoms with E-state index in [1.54, 1.807) is 7.11 Å². The molecule has 5 heteroatoms. The lowest BCUT2D eigenvalue weighted by Gasteiger charge is -2.28. The Labute approximate surface area is 186 Å². The van der Waals surface area contributed by atoms with Gasteiger partial charge < -0.3 is 14.6 Å². The molecule has 0 atom stereocenters. The maximum Gasteiger partial charge on any atom is 0.142 e. The molecule has 4 rings (SSSR count). The Hall–Kier alpha value is -2.79. The first-order chi connectivity index (χ1) is 14.9. The van der Waals surface area contributed by atoms with E-state index < -0.39 is 0 Å². The molecule has 1 aliphatic rings. The van der Waals surface area contributed by atoms with Crippen molar-refractivity contribution in [3.05, 3.63) is 66.0 Å². The Kier molecular flexibility index (Phi) is 6.33. The summed E-state index contributed by atoms with van der Waals surface area (Å²) in [5, 5.41) is 0. The summed E-state index contributed by atoms with van der Waals surface area (Å²) >= 11 is 0. The normalized spacial score (nSPS) is 15.7. The fourth-order valence-corrected chi connectivity index (χ4v) is 4.20. The van der Waals surface area contributed by atoms with Crippen molar-refractivity contribution in [3.63, 3.8) is 0 Å². The standard InChI is InChI=1S/C26H34N4O/c1-26(2,3)21-11-12-24(31-4)23(17-21)30-14-8-13-29(15-16-30)19-22-18-27-25(28-22)20-9-6-5-7-10-20/h5-7,9-12,17-18H,8,13-16,19H2,1-4H3,(H,27,28). The highest BCUT2D eigenvalue weighted by molar-refractivity contribution is 5.61. The average molecular weight is 419 g/mol. The molecule has 1 saturated heterocycles. The summed E-state index contributed by atoms with van der Waals surface area (Å²) < 4.78 is 5.71. The number of ether oxygens (including phenoxy) is 1. The van der Waals surface area contributed by atoms with Crippen LogP contribution in [0.1, 0.15) is 38.4 Å². The van der Waals surface area contributed by atoms with Crippen molar-refractivity contribution in [3.8, 4) is 17.1 Å². The zero-order valence-corrected chi connectivity index (χ0v) is 19.2. The molecular weight excluding hydrogens is 384 g/mol. The van der Waals surface area contributed by atoms with Gasteiger partial charge in [0.2, 0.25) is 0 Å². The van der Waals surface area contributed by atoms with Crippen LogP contribution in [0.3, 0.4) is 0 Å². The number of aromatic amines is 1. The van der Waals surface area contributed by atoms with Gasteiger partial charge in [-0.3, -0.25) is 4.90 Å². The van der Waals surface area contributed by atoms with Crippen molar-refractivity contribution in [1.82, 2.24) is 14.9 Å². The number of anilines is 1. The molecule has 1 N–H and O–H groups in total. The zero-order valence-electron chi connectivity index (χ0n) is 19.2. The van der Waals surface area contributed by atoms with E-state index in [0.717, 1.165) is 56.3 Å². The second kappa shape index (κ2) is 9.15. The molecule has 0 radical (unpaired) electrons. The van der Waals surface area contributed by atoms with Crippen LogP contribution in [0.2, 0.25) is 0 Å². The monoisotopic (exact) mass is 418 g/mol. The smallest absolute Gasteiger partial charge is 0.142 e. The lowest BCUT2D eigenvalue weighted by atomic mass is 9.86. The van der Waals surface area contributed by atoms with Crippen LogP contribution in [0.15, 0.2) is 54.7 Å². The molecule has 2 heterocycles. The first kappa shape index (κ1) is 21.4. The van der Waals surface area contributed by atoms with Crippen LogP contribution in [0.25, 0.3) is 11.4 Å². The number of benzene rings is 2. The summed E-state index contributed by atoms with van der Waals surface area (Å²) in [5.41, 5.74) is 4.97. The van der Waals surface area contributed by atoms with Crippen molar-refractivity contribution >= 4 is 5.69 Å². The highest BCUT2D eigenvalue weighted by atomic mass is 16.5. The topological polar surface area (TPSA) is 44.4 Å². The van der Waals surface area contributed by atoms with Crippen LogP contribution in [0.5, 0.6) is 5.75 Å². The van der Waals surface area contributed by atoms with E-state index in [2.05, 4.69) is 70.9 Å². The number of imidazole rings is 1. The quantitative estimate of drug-likeness (QED) is 0.626. The van der Waals surface area contributed by atoms with Crippen molar-refractivity contribution in [2.75, 3.05) is 38.2 Å². The summed E-state index contributed by atoms with van der Waals surface area (Å²) in [4.78, 5) is 13.1. The number of rotatable bonds is 5. The van der Waals surface area contributed by atoms with Gasteiger partial charge in [0.25, 0.3) is 0 Å². The molecule has 0 amide bonds. The molecule has 31 heavy (non-hydrogen) atoms. The third kappa shape index (κ3) is 5.10. The molecule has 0 bridgehead atoms. The largest absolute Gasteiger partial charge is 0.495 e. The molecule has 0 aliphatic carbocycles. The van der Waals surface area contributed by atoms with Crippen LogP contribution in [0.4, 0.5) is 5.69 Å². The number of methoxy groups -OCH3 is 1. The summed E-state index contributed by atoms with van der Waals surface area (Å²) in [6.45, 7) is 11.8. The fourth-order valence-electron chi connectivity index (χ4n) is 4.20. The van der Waals surface area contributed by atoms with E-state index in [9.17, 15) is 0 Å². The average Bonchev–Trinajstić information content (AvgIpc) is 3.11. The second-order valence-electron chi connectivity index (χ2n) is 9.38. The predicted octanol–water partition coefficient (Wildman–Crippen LogP) is 5.10. The van der Waals surface area contributed by atoms with Crippen LogP contribution in [-0.2, 0) is 12.0 Å². The molecule has 0 saturated carbocycles. The SMILES string of the molecule is COc1ccc(C(C)(C)C)cc1N1CCCN(Cc2cnc(-c3ccccc3)[nH]2)CC1.